The monoisotopic (exact) mass is 490 g/mol. The van der Waals surface area contributed by atoms with Crippen molar-refractivity contribution in [3.63, 3.8) is 0 Å². The molecule has 2 aromatic carbocycles. The van der Waals surface area contributed by atoms with E-state index in [1.807, 2.05) is 6.92 Å². The summed E-state index contributed by atoms with van der Waals surface area (Å²) >= 11 is 6.11. The maximum Gasteiger partial charge on any atom is 0.243 e. The van der Waals surface area contributed by atoms with Crippen molar-refractivity contribution >= 4 is 33.3 Å². The van der Waals surface area contributed by atoms with Gasteiger partial charge in [0.05, 0.1) is 11.4 Å². The van der Waals surface area contributed by atoms with Gasteiger partial charge >= 0.3 is 0 Å². The van der Waals surface area contributed by atoms with Crippen molar-refractivity contribution in [2.75, 3.05) is 18.4 Å². The zero-order valence-corrected chi connectivity index (χ0v) is 19.6. The molecule has 0 aliphatic carbocycles. The lowest BCUT2D eigenvalue weighted by Crippen LogP contribution is -2.41. The molecule has 1 fully saturated rings. The summed E-state index contributed by atoms with van der Waals surface area (Å²) in [6.45, 7) is 2.77. The SMILES string of the molecule is Cc1cc(NC(=O)C2CCN(S(=O)(=O)c3ccccc3)CC2)nn1Cc1ccc(F)cc1Cl. The number of amides is 1. The smallest absolute Gasteiger partial charge is 0.243 e. The van der Waals surface area contributed by atoms with Crippen molar-refractivity contribution in [1.82, 2.24) is 14.1 Å². The second kappa shape index (κ2) is 9.62. The van der Waals surface area contributed by atoms with Gasteiger partial charge in [-0.25, -0.2) is 12.8 Å². The summed E-state index contributed by atoms with van der Waals surface area (Å²) in [6, 6.07) is 14.3. The third kappa shape index (κ3) is 5.26. The van der Waals surface area contributed by atoms with Crippen molar-refractivity contribution in [1.29, 1.82) is 0 Å². The fourth-order valence-electron chi connectivity index (χ4n) is 3.87. The van der Waals surface area contributed by atoms with Crippen molar-refractivity contribution in [3.8, 4) is 0 Å². The molecule has 2 heterocycles. The van der Waals surface area contributed by atoms with E-state index in [0.29, 0.717) is 35.8 Å². The number of hydrogen-bond donors (Lipinski definition) is 1. The van der Waals surface area contributed by atoms with E-state index in [2.05, 4.69) is 10.4 Å². The van der Waals surface area contributed by atoms with Gasteiger partial charge < -0.3 is 5.32 Å². The molecule has 0 saturated carbocycles. The molecule has 0 atom stereocenters. The summed E-state index contributed by atoms with van der Waals surface area (Å²) in [5, 5.41) is 7.57. The minimum atomic E-state index is -3.56. The first-order valence-electron chi connectivity index (χ1n) is 10.6. The lowest BCUT2D eigenvalue weighted by molar-refractivity contribution is -0.120. The Labute approximate surface area is 197 Å². The molecule has 1 N–H and O–H groups in total. The van der Waals surface area contributed by atoms with Crippen LogP contribution in [0.4, 0.5) is 10.2 Å². The van der Waals surface area contributed by atoms with Gasteiger partial charge in [-0.2, -0.15) is 9.40 Å². The molecule has 10 heteroatoms. The zero-order chi connectivity index (χ0) is 23.6. The summed E-state index contributed by atoms with van der Waals surface area (Å²) in [7, 11) is -3.56. The minimum Gasteiger partial charge on any atom is -0.309 e. The van der Waals surface area contributed by atoms with Crippen LogP contribution >= 0.6 is 11.6 Å². The molecular weight excluding hydrogens is 467 g/mol. The van der Waals surface area contributed by atoms with E-state index in [1.54, 1.807) is 47.1 Å². The molecule has 1 aliphatic rings. The predicted octanol–water partition coefficient (Wildman–Crippen LogP) is 4.07. The van der Waals surface area contributed by atoms with E-state index in [1.165, 1.54) is 16.4 Å². The minimum absolute atomic E-state index is 0.184. The van der Waals surface area contributed by atoms with Crippen LogP contribution in [0.3, 0.4) is 0 Å². The highest BCUT2D eigenvalue weighted by molar-refractivity contribution is 7.89. The van der Waals surface area contributed by atoms with Gasteiger partial charge in [-0.05, 0) is 49.6 Å². The van der Waals surface area contributed by atoms with Crippen LogP contribution in [0.5, 0.6) is 0 Å². The molecule has 0 radical (unpaired) electrons. The molecule has 1 aromatic heterocycles. The van der Waals surface area contributed by atoms with Crippen molar-refractivity contribution in [2.24, 2.45) is 5.92 Å². The second-order valence-electron chi connectivity index (χ2n) is 8.05. The number of rotatable bonds is 6. The molecule has 0 unspecified atom stereocenters. The summed E-state index contributed by atoms with van der Waals surface area (Å²) in [4.78, 5) is 13.0. The van der Waals surface area contributed by atoms with Gasteiger partial charge in [-0.15, -0.1) is 0 Å². The Morgan fingerprint density at radius 2 is 1.85 bits per heavy atom. The third-order valence-corrected chi connectivity index (χ3v) is 8.04. The molecule has 3 aromatic rings. The Balaban J connectivity index is 1.36. The average molecular weight is 491 g/mol. The van der Waals surface area contributed by atoms with Crippen LogP contribution in [0.1, 0.15) is 24.1 Å². The van der Waals surface area contributed by atoms with E-state index in [-0.39, 0.29) is 29.8 Å². The Bertz CT molecular complexity index is 1260. The standard InChI is InChI=1S/C23H24ClFN4O3S/c1-16-13-22(27-29(16)15-18-7-8-19(25)14-21(18)24)26-23(30)17-9-11-28(12-10-17)33(31,32)20-5-3-2-4-6-20/h2-8,13-14,17H,9-12,15H2,1H3,(H,26,27,30). The highest BCUT2D eigenvalue weighted by atomic mass is 35.5. The number of aryl methyl sites for hydroxylation is 1. The van der Waals surface area contributed by atoms with Gasteiger partial charge in [-0.3, -0.25) is 9.48 Å². The first kappa shape index (κ1) is 23.4. The topological polar surface area (TPSA) is 84.3 Å². The molecule has 1 amide bonds. The Kier molecular flexibility index (Phi) is 6.83. The maximum absolute atomic E-state index is 13.3. The normalized spacial score (nSPS) is 15.5. The second-order valence-corrected chi connectivity index (χ2v) is 10.4. The number of aromatic nitrogens is 2. The van der Waals surface area contributed by atoms with Crippen LogP contribution in [0, 0.1) is 18.7 Å². The molecule has 33 heavy (non-hydrogen) atoms. The number of benzene rings is 2. The van der Waals surface area contributed by atoms with E-state index in [4.69, 9.17) is 11.6 Å². The Morgan fingerprint density at radius 3 is 2.52 bits per heavy atom. The van der Waals surface area contributed by atoms with Crippen LogP contribution in [0.15, 0.2) is 59.5 Å². The predicted molar refractivity (Wildman–Crippen MR) is 124 cm³/mol. The molecule has 0 spiro atoms. The van der Waals surface area contributed by atoms with Gasteiger partial charge in [0, 0.05) is 35.8 Å². The number of carbonyl (C=O) groups is 1. The Hall–Kier alpha value is -2.75. The molecule has 1 saturated heterocycles. The summed E-state index contributed by atoms with van der Waals surface area (Å²) < 4.78 is 41.9. The number of nitrogens with one attached hydrogen (secondary N) is 1. The molecule has 1 aliphatic heterocycles. The van der Waals surface area contributed by atoms with Gasteiger partial charge in [0.2, 0.25) is 15.9 Å². The summed E-state index contributed by atoms with van der Waals surface area (Å²) in [6.07, 6.45) is 0.867. The maximum atomic E-state index is 13.3. The Morgan fingerprint density at radius 1 is 1.15 bits per heavy atom. The van der Waals surface area contributed by atoms with E-state index < -0.39 is 15.8 Å². The number of carbonyl (C=O) groups excluding carboxylic acids is 1. The fourth-order valence-corrected chi connectivity index (χ4v) is 5.59. The zero-order valence-electron chi connectivity index (χ0n) is 18.0. The fraction of sp³-hybridized carbons (Fsp3) is 0.304. The van der Waals surface area contributed by atoms with Crippen LogP contribution in [-0.4, -0.2) is 41.5 Å². The molecule has 7 nitrogen and oxygen atoms in total. The third-order valence-electron chi connectivity index (χ3n) is 5.77. The van der Waals surface area contributed by atoms with Crippen LogP contribution in [0.2, 0.25) is 5.02 Å². The molecule has 174 valence electrons. The number of anilines is 1. The highest BCUT2D eigenvalue weighted by Gasteiger charge is 2.32. The van der Waals surface area contributed by atoms with Gasteiger partial charge in [0.15, 0.2) is 5.82 Å². The summed E-state index contributed by atoms with van der Waals surface area (Å²) in [5.41, 5.74) is 1.53. The van der Waals surface area contributed by atoms with Crippen LogP contribution < -0.4 is 5.32 Å². The van der Waals surface area contributed by atoms with Crippen LogP contribution in [-0.2, 0) is 21.4 Å². The number of piperidine rings is 1. The lowest BCUT2D eigenvalue weighted by Gasteiger charge is -2.30. The van der Waals surface area contributed by atoms with E-state index in [0.717, 1.165) is 5.69 Å². The molecular formula is C23H24ClFN4O3S. The quantitative estimate of drug-likeness (QED) is 0.564. The van der Waals surface area contributed by atoms with Gasteiger partial charge in [0.1, 0.15) is 5.82 Å². The highest BCUT2D eigenvalue weighted by Crippen LogP contribution is 2.25. The van der Waals surface area contributed by atoms with Crippen molar-refractivity contribution in [3.05, 3.63) is 76.7 Å². The van der Waals surface area contributed by atoms with E-state index >= 15 is 0 Å². The largest absolute Gasteiger partial charge is 0.309 e. The number of sulfonamides is 1. The van der Waals surface area contributed by atoms with Crippen molar-refractivity contribution in [2.45, 2.75) is 31.2 Å². The molecule has 0 bridgehead atoms. The van der Waals surface area contributed by atoms with Crippen molar-refractivity contribution < 1.29 is 17.6 Å². The number of halogens is 2. The first-order chi connectivity index (χ1) is 15.7. The van der Waals surface area contributed by atoms with Gasteiger partial charge in [0.25, 0.3) is 0 Å². The van der Waals surface area contributed by atoms with Gasteiger partial charge in [-0.1, -0.05) is 35.9 Å². The number of hydrogen-bond acceptors (Lipinski definition) is 4. The van der Waals surface area contributed by atoms with Crippen LogP contribution in [0.25, 0.3) is 0 Å². The molecule has 4 rings (SSSR count). The number of nitrogens with zero attached hydrogens (tertiary/aromatic N) is 3. The first-order valence-corrected chi connectivity index (χ1v) is 12.4. The average Bonchev–Trinajstić information content (AvgIpc) is 3.14. The summed E-state index contributed by atoms with van der Waals surface area (Å²) in [5.74, 6) is -0.480. The van der Waals surface area contributed by atoms with E-state index in [9.17, 15) is 17.6 Å². The lowest BCUT2D eigenvalue weighted by atomic mass is 9.97.